The van der Waals surface area contributed by atoms with Gasteiger partial charge in [0.2, 0.25) is 5.91 Å². The van der Waals surface area contributed by atoms with E-state index in [0.29, 0.717) is 18.2 Å². The highest BCUT2D eigenvalue weighted by atomic mass is 32.2. The molecule has 16 heavy (non-hydrogen) atoms. The van der Waals surface area contributed by atoms with Crippen LogP contribution in [-0.2, 0) is 4.79 Å². The molecule has 0 bridgehead atoms. The molecule has 0 saturated heterocycles. The number of hydrogen-bond acceptors (Lipinski definition) is 3. The molecule has 0 saturated carbocycles. The lowest BCUT2D eigenvalue weighted by atomic mass is 10.2. The molecule has 1 rings (SSSR count). The normalized spacial score (nSPS) is 12.1. The Morgan fingerprint density at radius 1 is 1.44 bits per heavy atom. The summed E-state index contributed by atoms with van der Waals surface area (Å²) in [6.07, 6.45) is 0. The predicted octanol–water partition coefficient (Wildman–Crippen LogP) is 1.95. The second-order valence-corrected chi connectivity index (χ2v) is 4.80. The van der Waals surface area contributed by atoms with Crippen LogP contribution in [0.2, 0.25) is 0 Å². The van der Waals surface area contributed by atoms with Crippen LogP contribution in [0, 0.1) is 5.92 Å². The van der Waals surface area contributed by atoms with Crippen molar-refractivity contribution in [1.29, 1.82) is 0 Å². The average Bonchev–Trinajstić information content (AvgIpc) is 2.30. The fourth-order valence-electron chi connectivity index (χ4n) is 1.14. The number of benzene rings is 1. The molecule has 1 atom stereocenters. The highest BCUT2D eigenvalue weighted by molar-refractivity contribution is 7.99. The first kappa shape index (κ1) is 13.1. The van der Waals surface area contributed by atoms with Crippen molar-refractivity contribution in [3.8, 4) is 0 Å². The zero-order valence-corrected chi connectivity index (χ0v) is 10.3. The molecule has 0 heterocycles. The van der Waals surface area contributed by atoms with Crippen LogP contribution in [0.4, 0.5) is 5.69 Å². The lowest BCUT2D eigenvalue weighted by Gasteiger charge is -2.08. The van der Waals surface area contributed by atoms with Crippen LogP contribution in [0.15, 0.2) is 30.3 Å². The van der Waals surface area contributed by atoms with Crippen LogP contribution in [0.5, 0.6) is 0 Å². The number of hydrogen-bond donors (Lipinski definition) is 2. The molecule has 0 aliphatic carbocycles. The maximum Gasteiger partial charge on any atom is 0.234 e. The summed E-state index contributed by atoms with van der Waals surface area (Å²) in [6, 6.07) is 9.49. The zero-order chi connectivity index (χ0) is 11.8. The van der Waals surface area contributed by atoms with E-state index in [9.17, 15) is 4.79 Å². The van der Waals surface area contributed by atoms with Crippen molar-refractivity contribution in [1.82, 2.24) is 0 Å². The quantitative estimate of drug-likeness (QED) is 0.796. The first-order chi connectivity index (χ1) is 7.72. The minimum atomic E-state index is 0.0421. The van der Waals surface area contributed by atoms with E-state index in [1.54, 1.807) is 11.8 Å². The van der Waals surface area contributed by atoms with E-state index in [1.165, 1.54) is 0 Å². The monoisotopic (exact) mass is 238 g/mol. The molecular formula is C12H18N2OS. The second-order valence-electron chi connectivity index (χ2n) is 3.77. The summed E-state index contributed by atoms with van der Waals surface area (Å²) >= 11 is 1.62. The summed E-state index contributed by atoms with van der Waals surface area (Å²) in [6.45, 7) is 2.76. The van der Waals surface area contributed by atoms with Crippen LogP contribution in [0.3, 0.4) is 0 Å². The highest BCUT2D eigenvalue weighted by Crippen LogP contribution is 2.09. The van der Waals surface area contributed by atoms with Crippen molar-refractivity contribution in [3.63, 3.8) is 0 Å². The van der Waals surface area contributed by atoms with Gasteiger partial charge in [-0.25, -0.2) is 0 Å². The van der Waals surface area contributed by atoms with Crippen molar-refractivity contribution in [2.24, 2.45) is 11.7 Å². The van der Waals surface area contributed by atoms with E-state index in [2.05, 4.69) is 12.2 Å². The van der Waals surface area contributed by atoms with Gasteiger partial charge in [-0.2, -0.15) is 11.8 Å². The Balaban J connectivity index is 2.21. The molecule has 0 aliphatic heterocycles. The van der Waals surface area contributed by atoms with Crippen molar-refractivity contribution in [3.05, 3.63) is 30.3 Å². The lowest BCUT2D eigenvalue weighted by Crippen LogP contribution is -2.17. The topological polar surface area (TPSA) is 55.1 Å². The summed E-state index contributed by atoms with van der Waals surface area (Å²) in [4.78, 5) is 11.5. The van der Waals surface area contributed by atoms with E-state index in [-0.39, 0.29) is 5.91 Å². The Kier molecular flexibility index (Phi) is 5.96. The third kappa shape index (κ3) is 5.19. The maximum absolute atomic E-state index is 11.5. The van der Waals surface area contributed by atoms with Crippen molar-refractivity contribution >= 4 is 23.4 Å². The summed E-state index contributed by atoms with van der Waals surface area (Å²) < 4.78 is 0. The van der Waals surface area contributed by atoms with Gasteiger partial charge in [0.05, 0.1) is 5.75 Å². The van der Waals surface area contributed by atoms with Crippen molar-refractivity contribution in [2.75, 3.05) is 23.4 Å². The van der Waals surface area contributed by atoms with Gasteiger partial charge in [-0.3, -0.25) is 4.79 Å². The fraction of sp³-hybridized carbons (Fsp3) is 0.417. The minimum Gasteiger partial charge on any atom is -0.330 e. The molecule has 0 radical (unpaired) electrons. The van der Waals surface area contributed by atoms with E-state index in [0.717, 1.165) is 11.4 Å². The van der Waals surface area contributed by atoms with Crippen LogP contribution in [-0.4, -0.2) is 24.0 Å². The molecule has 3 nitrogen and oxygen atoms in total. The number of nitrogens with one attached hydrogen (secondary N) is 1. The predicted molar refractivity (Wildman–Crippen MR) is 70.6 cm³/mol. The fourth-order valence-corrected chi connectivity index (χ4v) is 2.05. The molecule has 1 unspecified atom stereocenters. The molecule has 0 aromatic heterocycles. The van der Waals surface area contributed by atoms with Crippen molar-refractivity contribution in [2.45, 2.75) is 6.92 Å². The molecule has 0 fully saturated rings. The minimum absolute atomic E-state index is 0.0421. The molecule has 4 heteroatoms. The molecule has 0 aliphatic rings. The van der Waals surface area contributed by atoms with Gasteiger partial charge >= 0.3 is 0 Å². The number of carbonyl (C=O) groups is 1. The Bertz CT molecular complexity index is 316. The SMILES string of the molecule is CC(CN)CSCC(=O)Nc1ccccc1. The van der Waals surface area contributed by atoms with E-state index < -0.39 is 0 Å². The number of thioether (sulfide) groups is 1. The second kappa shape index (κ2) is 7.30. The smallest absolute Gasteiger partial charge is 0.234 e. The Morgan fingerprint density at radius 3 is 2.75 bits per heavy atom. The molecular weight excluding hydrogens is 220 g/mol. The largest absolute Gasteiger partial charge is 0.330 e. The van der Waals surface area contributed by atoms with Gasteiger partial charge in [0.1, 0.15) is 0 Å². The van der Waals surface area contributed by atoms with Gasteiger partial charge in [0.15, 0.2) is 0 Å². The van der Waals surface area contributed by atoms with Gasteiger partial charge < -0.3 is 11.1 Å². The maximum atomic E-state index is 11.5. The standard InChI is InChI=1S/C12H18N2OS/c1-10(7-13)8-16-9-12(15)14-11-5-3-2-4-6-11/h2-6,10H,7-9,13H2,1H3,(H,14,15). The third-order valence-electron chi connectivity index (χ3n) is 2.10. The van der Waals surface area contributed by atoms with Gasteiger partial charge in [0.25, 0.3) is 0 Å². The van der Waals surface area contributed by atoms with Gasteiger partial charge in [0, 0.05) is 5.69 Å². The summed E-state index contributed by atoms with van der Waals surface area (Å²) in [5, 5.41) is 2.84. The third-order valence-corrected chi connectivity index (χ3v) is 3.37. The number of carbonyl (C=O) groups excluding carboxylic acids is 1. The first-order valence-electron chi connectivity index (χ1n) is 5.35. The Morgan fingerprint density at radius 2 is 2.12 bits per heavy atom. The first-order valence-corrected chi connectivity index (χ1v) is 6.50. The van der Waals surface area contributed by atoms with E-state index in [4.69, 9.17) is 5.73 Å². The number of nitrogens with two attached hydrogens (primary N) is 1. The van der Waals surface area contributed by atoms with Crippen molar-refractivity contribution < 1.29 is 4.79 Å². The molecule has 3 N–H and O–H groups in total. The van der Waals surface area contributed by atoms with E-state index >= 15 is 0 Å². The zero-order valence-electron chi connectivity index (χ0n) is 9.48. The molecule has 1 aromatic rings. The van der Waals surface area contributed by atoms with Crippen LogP contribution in [0.25, 0.3) is 0 Å². The Hall–Kier alpha value is -1.00. The van der Waals surface area contributed by atoms with Crippen LogP contribution in [0.1, 0.15) is 6.92 Å². The summed E-state index contributed by atoms with van der Waals surface area (Å²) in [5.41, 5.74) is 6.35. The molecule has 1 amide bonds. The number of amides is 1. The van der Waals surface area contributed by atoms with Gasteiger partial charge in [-0.15, -0.1) is 0 Å². The highest BCUT2D eigenvalue weighted by Gasteiger charge is 2.04. The molecule has 0 spiro atoms. The summed E-state index contributed by atoms with van der Waals surface area (Å²) in [7, 11) is 0. The summed E-state index contributed by atoms with van der Waals surface area (Å²) in [5.74, 6) is 1.92. The molecule has 88 valence electrons. The lowest BCUT2D eigenvalue weighted by molar-refractivity contribution is -0.113. The number of para-hydroxylation sites is 1. The van der Waals surface area contributed by atoms with E-state index in [1.807, 2.05) is 30.3 Å². The van der Waals surface area contributed by atoms with Crippen LogP contribution >= 0.6 is 11.8 Å². The van der Waals surface area contributed by atoms with Gasteiger partial charge in [-0.1, -0.05) is 25.1 Å². The Labute approximate surface area is 101 Å². The average molecular weight is 238 g/mol. The van der Waals surface area contributed by atoms with Crippen LogP contribution < -0.4 is 11.1 Å². The number of rotatable bonds is 6. The molecule has 1 aromatic carbocycles. The number of anilines is 1. The van der Waals surface area contributed by atoms with Gasteiger partial charge in [-0.05, 0) is 30.3 Å².